The second kappa shape index (κ2) is 3.14. The third-order valence-corrected chi connectivity index (χ3v) is 2.70. The third-order valence-electron chi connectivity index (χ3n) is 1.83. The van der Waals surface area contributed by atoms with Crippen LogP contribution < -0.4 is 5.14 Å². The van der Waals surface area contributed by atoms with Crippen LogP contribution in [0, 0.1) is 0 Å². The quantitative estimate of drug-likeness (QED) is 0.672. The van der Waals surface area contributed by atoms with Crippen LogP contribution in [0.15, 0.2) is 17.4 Å². The molecule has 0 saturated carbocycles. The minimum absolute atomic E-state index is 0.285. The zero-order chi connectivity index (χ0) is 11.1. The third kappa shape index (κ3) is 1.62. The molecule has 0 radical (unpaired) electrons. The molecule has 9 heteroatoms. The summed E-state index contributed by atoms with van der Waals surface area (Å²) in [7, 11) is -2.34. The Hall–Kier alpha value is -1.74. The van der Waals surface area contributed by atoms with Crippen molar-refractivity contribution >= 4 is 10.0 Å². The fraction of sp³-hybridized carbons (Fsp3) is 0.167. The van der Waals surface area contributed by atoms with Gasteiger partial charge in [0.05, 0.1) is 0 Å². The molecule has 0 amide bonds. The van der Waals surface area contributed by atoms with Crippen molar-refractivity contribution in [3.8, 4) is 11.5 Å². The molecule has 0 aliphatic heterocycles. The predicted molar refractivity (Wildman–Crippen MR) is 50.0 cm³/mol. The lowest BCUT2D eigenvalue weighted by Crippen LogP contribution is -2.17. The summed E-state index contributed by atoms with van der Waals surface area (Å²) in [5, 5.41) is 18.2. The first-order chi connectivity index (χ1) is 7.00. The Bertz CT molecular complexity index is 569. The molecule has 0 unspecified atom stereocenters. The predicted octanol–water partition coefficient (Wildman–Crippen LogP) is -1.15. The van der Waals surface area contributed by atoms with E-state index in [2.05, 4.69) is 20.4 Å². The van der Waals surface area contributed by atoms with Crippen LogP contribution in [0.5, 0.6) is 0 Å². The number of sulfonamides is 1. The maximum atomic E-state index is 11.1. The second-order valence-corrected chi connectivity index (χ2v) is 4.34. The van der Waals surface area contributed by atoms with Gasteiger partial charge in [-0.15, -0.1) is 10.2 Å². The van der Waals surface area contributed by atoms with Crippen molar-refractivity contribution in [2.24, 2.45) is 12.2 Å². The number of nitrogens with one attached hydrogen (secondary N) is 1. The van der Waals surface area contributed by atoms with E-state index in [-0.39, 0.29) is 5.16 Å². The molecule has 8 nitrogen and oxygen atoms in total. The van der Waals surface area contributed by atoms with Gasteiger partial charge in [0.15, 0.2) is 5.82 Å². The molecule has 0 aliphatic rings. The summed E-state index contributed by atoms with van der Waals surface area (Å²) in [6.45, 7) is 0. The summed E-state index contributed by atoms with van der Waals surface area (Å²) in [5.74, 6) is 0.358. The van der Waals surface area contributed by atoms with Crippen molar-refractivity contribution in [2.75, 3.05) is 0 Å². The maximum absolute atomic E-state index is 11.1. The normalized spacial score (nSPS) is 11.9. The van der Waals surface area contributed by atoms with E-state index in [1.165, 1.54) is 17.8 Å². The van der Waals surface area contributed by atoms with E-state index in [4.69, 9.17) is 5.14 Å². The lowest BCUT2D eigenvalue weighted by molar-refractivity contribution is 0.580. The van der Waals surface area contributed by atoms with Crippen LogP contribution in [0.25, 0.3) is 11.5 Å². The number of aromatic amines is 1. The molecule has 80 valence electrons. The molecule has 0 atom stereocenters. The molecule has 3 N–H and O–H groups in total. The van der Waals surface area contributed by atoms with Crippen molar-refractivity contribution < 1.29 is 8.42 Å². The molecule has 0 fully saturated rings. The number of nitrogens with two attached hydrogens (primary N) is 1. The van der Waals surface area contributed by atoms with E-state index < -0.39 is 10.0 Å². The molecule has 15 heavy (non-hydrogen) atoms. The first-order valence-electron chi connectivity index (χ1n) is 3.92. The first kappa shape index (κ1) is 9.80. The van der Waals surface area contributed by atoms with Gasteiger partial charge < -0.3 is 0 Å². The van der Waals surface area contributed by atoms with Crippen LogP contribution in [0.1, 0.15) is 0 Å². The van der Waals surface area contributed by atoms with E-state index in [0.717, 1.165) is 0 Å². The zero-order valence-corrected chi connectivity index (χ0v) is 8.56. The zero-order valence-electron chi connectivity index (χ0n) is 7.75. The van der Waals surface area contributed by atoms with Crippen molar-refractivity contribution in [3.63, 3.8) is 0 Å². The summed E-state index contributed by atoms with van der Waals surface area (Å²) in [6.07, 6.45) is 1.53. The topological polar surface area (TPSA) is 120 Å². The highest BCUT2D eigenvalue weighted by Crippen LogP contribution is 2.14. The van der Waals surface area contributed by atoms with Crippen LogP contribution in [0.2, 0.25) is 0 Å². The second-order valence-electron chi connectivity index (χ2n) is 2.88. The average molecular weight is 228 g/mol. The number of nitrogens with zero attached hydrogens (tertiary/aromatic N) is 4. The van der Waals surface area contributed by atoms with Crippen LogP contribution >= 0.6 is 0 Å². The minimum atomic E-state index is -3.85. The van der Waals surface area contributed by atoms with Gasteiger partial charge in [-0.2, -0.15) is 5.10 Å². The Kier molecular flexibility index (Phi) is 2.05. The van der Waals surface area contributed by atoms with Crippen molar-refractivity contribution in [1.82, 2.24) is 25.0 Å². The van der Waals surface area contributed by atoms with Crippen molar-refractivity contribution in [1.29, 1.82) is 0 Å². The first-order valence-corrected chi connectivity index (χ1v) is 5.46. The number of hydrogen-bond acceptors (Lipinski definition) is 5. The lowest BCUT2D eigenvalue weighted by Gasteiger charge is -1.99. The Labute approximate surface area is 85.2 Å². The Morgan fingerprint density at radius 2 is 2.20 bits per heavy atom. The summed E-state index contributed by atoms with van der Waals surface area (Å²) in [4.78, 5) is 0. The highest BCUT2D eigenvalue weighted by Gasteiger charge is 2.19. The Balaban J connectivity index is 2.60. The van der Waals surface area contributed by atoms with Gasteiger partial charge >= 0.3 is 0 Å². The molecule has 2 heterocycles. The molecule has 2 aromatic rings. The number of H-pyrrole nitrogens is 1. The number of primary sulfonamides is 1. The average Bonchev–Trinajstić information content (AvgIpc) is 2.69. The summed E-state index contributed by atoms with van der Waals surface area (Å²) in [6, 6.07) is 1.65. The molecular weight excluding hydrogens is 220 g/mol. The molecule has 0 saturated heterocycles. The van der Waals surface area contributed by atoms with E-state index in [0.29, 0.717) is 11.5 Å². The molecule has 2 rings (SSSR count). The van der Waals surface area contributed by atoms with Crippen LogP contribution in [0.3, 0.4) is 0 Å². The number of hydrogen-bond donors (Lipinski definition) is 2. The summed E-state index contributed by atoms with van der Waals surface area (Å²) < 4.78 is 23.4. The highest BCUT2D eigenvalue weighted by molar-refractivity contribution is 7.89. The Morgan fingerprint density at radius 3 is 2.67 bits per heavy atom. The fourth-order valence-corrected chi connectivity index (χ4v) is 1.80. The van der Waals surface area contributed by atoms with Crippen LogP contribution in [0.4, 0.5) is 0 Å². The van der Waals surface area contributed by atoms with Gasteiger partial charge in [0.25, 0.3) is 15.2 Å². The highest BCUT2D eigenvalue weighted by atomic mass is 32.2. The molecule has 2 aromatic heterocycles. The van der Waals surface area contributed by atoms with Gasteiger partial charge in [-0.1, -0.05) is 0 Å². The van der Waals surface area contributed by atoms with Crippen LogP contribution in [-0.4, -0.2) is 33.4 Å². The largest absolute Gasteiger partial charge is 0.299 e. The monoisotopic (exact) mass is 228 g/mol. The van der Waals surface area contributed by atoms with Gasteiger partial charge in [0.2, 0.25) is 0 Å². The summed E-state index contributed by atoms with van der Waals surface area (Å²) >= 11 is 0. The molecular formula is C6H8N6O2S. The van der Waals surface area contributed by atoms with E-state index >= 15 is 0 Å². The van der Waals surface area contributed by atoms with Crippen molar-refractivity contribution in [3.05, 3.63) is 12.3 Å². The van der Waals surface area contributed by atoms with E-state index in [9.17, 15) is 8.42 Å². The molecule has 0 spiro atoms. The summed E-state index contributed by atoms with van der Waals surface area (Å²) in [5.41, 5.74) is 0.569. The number of aromatic nitrogens is 5. The van der Waals surface area contributed by atoms with Gasteiger partial charge in [0.1, 0.15) is 5.69 Å². The molecule has 0 aliphatic carbocycles. The Morgan fingerprint density at radius 1 is 1.47 bits per heavy atom. The SMILES string of the molecule is Cn1c(-c2ccn[nH]2)nnc1S(N)(=O)=O. The minimum Gasteiger partial charge on any atom is -0.299 e. The van der Waals surface area contributed by atoms with Crippen molar-refractivity contribution in [2.45, 2.75) is 5.16 Å². The fourth-order valence-electron chi connectivity index (χ4n) is 1.18. The molecule has 0 bridgehead atoms. The van der Waals surface area contributed by atoms with Gasteiger partial charge in [-0.25, -0.2) is 13.6 Å². The number of rotatable bonds is 2. The smallest absolute Gasteiger partial charge is 0.273 e. The van der Waals surface area contributed by atoms with Gasteiger partial charge in [0, 0.05) is 13.2 Å². The standard InChI is InChI=1S/C6H8N6O2S/c1-12-5(4-2-3-8-9-4)10-11-6(12)15(7,13)14/h2-3H,1H3,(H,8,9)(H2,7,13,14). The van der Waals surface area contributed by atoms with Gasteiger partial charge in [-0.05, 0) is 6.07 Å². The van der Waals surface area contributed by atoms with E-state index in [1.807, 2.05) is 0 Å². The lowest BCUT2D eigenvalue weighted by atomic mass is 10.4. The van der Waals surface area contributed by atoms with Gasteiger partial charge in [-0.3, -0.25) is 9.67 Å². The van der Waals surface area contributed by atoms with E-state index in [1.54, 1.807) is 6.07 Å². The maximum Gasteiger partial charge on any atom is 0.273 e. The van der Waals surface area contributed by atoms with Crippen LogP contribution in [-0.2, 0) is 17.1 Å². The molecule has 0 aromatic carbocycles.